The minimum Gasteiger partial charge on any atom is -0.456 e. The van der Waals surface area contributed by atoms with E-state index in [0.717, 1.165) is 50.1 Å². The van der Waals surface area contributed by atoms with Gasteiger partial charge in [0, 0.05) is 27.8 Å². The van der Waals surface area contributed by atoms with E-state index in [-0.39, 0.29) is 0 Å². The molecule has 0 spiro atoms. The lowest BCUT2D eigenvalue weighted by Crippen LogP contribution is -2.10. The van der Waals surface area contributed by atoms with E-state index in [1.165, 1.54) is 32.7 Å². The van der Waals surface area contributed by atoms with Crippen molar-refractivity contribution < 1.29 is 4.42 Å². The van der Waals surface area contributed by atoms with Crippen molar-refractivity contribution in [3.8, 4) is 22.3 Å². The minimum atomic E-state index is 0.906. The number of anilines is 3. The Kier molecular flexibility index (Phi) is 6.17. The lowest BCUT2D eigenvalue weighted by molar-refractivity contribution is 0.669. The molecule has 1 aromatic heterocycles. The number of hydrogen-bond acceptors (Lipinski definition) is 2. The molecule has 0 atom stereocenters. The van der Waals surface area contributed by atoms with E-state index >= 15 is 0 Å². The summed E-state index contributed by atoms with van der Waals surface area (Å²) >= 11 is 0. The second-order valence-corrected chi connectivity index (χ2v) is 11.8. The Hall–Kier alpha value is -6.12. The zero-order valence-electron chi connectivity index (χ0n) is 25.1. The average Bonchev–Trinajstić information content (AvgIpc) is 3.51. The highest BCUT2D eigenvalue weighted by atomic mass is 16.3. The molecule has 0 saturated carbocycles. The third-order valence-electron chi connectivity index (χ3n) is 9.03. The highest BCUT2D eigenvalue weighted by molar-refractivity contribution is 6.22. The van der Waals surface area contributed by atoms with Gasteiger partial charge in [0.25, 0.3) is 0 Å². The van der Waals surface area contributed by atoms with Crippen LogP contribution >= 0.6 is 0 Å². The highest BCUT2D eigenvalue weighted by Gasteiger charge is 2.19. The largest absolute Gasteiger partial charge is 0.456 e. The van der Waals surface area contributed by atoms with Gasteiger partial charge in [0.1, 0.15) is 11.2 Å². The SMILES string of the molecule is c1ccc(-c2ccc(N(c3ccc4ccccc4c3)c3ccc4c(c3)c(-c3ccccc3)cc3oc5ccccc5c34)cc2)cc1. The summed E-state index contributed by atoms with van der Waals surface area (Å²) in [6.07, 6.45) is 0. The van der Waals surface area contributed by atoms with Gasteiger partial charge < -0.3 is 9.32 Å². The Morgan fingerprint density at radius 3 is 1.76 bits per heavy atom. The fourth-order valence-electron chi connectivity index (χ4n) is 6.82. The predicted molar refractivity (Wildman–Crippen MR) is 194 cm³/mol. The van der Waals surface area contributed by atoms with Crippen LogP contribution in [0.5, 0.6) is 0 Å². The molecule has 9 rings (SSSR count). The van der Waals surface area contributed by atoms with Crippen LogP contribution in [-0.4, -0.2) is 0 Å². The van der Waals surface area contributed by atoms with Gasteiger partial charge in [0.15, 0.2) is 0 Å². The minimum absolute atomic E-state index is 0.906. The molecule has 8 aromatic carbocycles. The zero-order chi connectivity index (χ0) is 30.5. The first-order valence-electron chi connectivity index (χ1n) is 15.7. The van der Waals surface area contributed by atoms with E-state index in [9.17, 15) is 0 Å². The average molecular weight is 588 g/mol. The second-order valence-electron chi connectivity index (χ2n) is 11.8. The van der Waals surface area contributed by atoms with Gasteiger partial charge in [-0.3, -0.25) is 0 Å². The topological polar surface area (TPSA) is 16.4 Å². The molecular formula is C44H29NO. The maximum Gasteiger partial charge on any atom is 0.136 e. The van der Waals surface area contributed by atoms with Crippen molar-refractivity contribution in [2.75, 3.05) is 4.90 Å². The Morgan fingerprint density at radius 1 is 0.348 bits per heavy atom. The van der Waals surface area contributed by atoms with Crippen molar-refractivity contribution in [2.45, 2.75) is 0 Å². The van der Waals surface area contributed by atoms with Crippen molar-refractivity contribution in [2.24, 2.45) is 0 Å². The molecule has 0 aliphatic rings. The Balaban J connectivity index is 1.29. The van der Waals surface area contributed by atoms with Gasteiger partial charge >= 0.3 is 0 Å². The molecule has 2 nitrogen and oxygen atoms in total. The summed E-state index contributed by atoms with van der Waals surface area (Å²) in [5.74, 6) is 0. The molecule has 0 fully saturated rings. The second kappa shape index (κ2) is 10.8. The van der Waals surface area contributed by atoms with E-state index in [1.54, 1.807) is 0 Å². The lowest BCUT2D eigenvalue weighted by atomic mass is 9.94. The molecule has 0 N–H and O–H groups in total. The van der Waals surface area contributed by atoms with E-state index in [2.05, 4.69) is 175 Å². The maximum absolute atomic E-state index is 6.42. The van der Waals surface area contributed by atoms with Crippen molar-refractivity contribution in [3.05, 3.63) is 176 Å². The van der Waals surface area contributed by atoms with Crippen LogP contribution in [0.1, 0.15) is 0 Å². The fourth-order valence-corrected chi connectivity index (χ4v) is 6.82. The summed E-state index contributed by atoms with van der Waals surface area (Å²) in [6.45, 7) is 0. The molecular weight excluding hydrogens is 558 g/mol. The van der Waals surface area contributed by atoms with E-state index < -0.39 is 0 Å². The summed E-state index contributed by atoms with van der Waals surface area (Å²) in [5.41, 5.74) is 9.85. The van der Waals surface area contributed by atoms with Crippen LogP contribution in [-0.2, 0) is 0 Å². The van der Waals surface area contributed by atoms with E-state index in [4.69, 9.17) is 4.42 Å². The highest BCUT2D eigenvalue weighted by Crippen LogP contribution is 2.44. The van der Waals surface area contributed by atoms with Gasteiger partial charge in [-0.05, 0) is 92.3 Å². The molecule has 0 aliphatic heterocycles. The Morgan fingerprint density at radius 2 is 0.957 bits per heavy atom. The number of rotatable bonds is 5. The maximum atomic E-state index is 6.42. The molecule has 0 saturated heterocycles. The van der Waals surface area contributed by atoms with E-state index in [0.29, 0.717) is 0 Å². The molecule has 0 radical (unpaired) electrons. The van der Waals surface area contributed by atoms with Crippen LogP contribution in [0.2, 0.25) is 0 Å². The molecule has 2 heteroatoms. The van der Waals surface area contributed by atoms with Gasteiger partial charge in [0.2, 0.25) is 0 Å². The normalized spacial score (nSPS) is 11.5. The number of benzene rings is 8. The third kappa shape index (κ3) is 4.43. The summed E-state index contributed by atoms with van der Waals surface area (Å²) < 4.78 is 6.42. The molecule has 0 amide bonds. The molecule has 46 heavy (non-hydrogen) atoms. The number of fused-ring (bicyclic) bond motifs is 6. The monoisotopic (exact) mass is 587 g/mol. The van der Waals surface area contributed by atoms with Crippen LogP contribution in [0, 0.1) is 0 Å². The number of para-hydroxylation sites is 1. The molecule has 216 valence electrons. The summed E-state index contributed by atoms with van der Waals surface area (Å²) in [4.78, 5) is 2.37. The van der Waals surface area contributed by atoms with Crippen LogP contribution < -0.4 is 4.90 Å². The first-order valence-corrected chi connectivity index (χ1v) is 15.7. The standard InChI is InChI=1S/C44H29NO/c1-3-11-30(12-4-1)32-19-22-35(23-20-32)45(36-24-21-31-13-7-8-16-34(31)27-36)37-25-26-38-41(28-37)40(33-14-5-2-6-15-33)29-43-44(38)39-17-9-10-18-42(39)46-43/h1-29H. The third-order valence-corrected chi connectivity index (χ3v) is 9.03. The van der Waals surface area contributed by atoms with Gasteiger partial charge in [-0.25, -0.2) is 0 Å². The van der Waals surface area contributed by atoms with Gasteiger partial charge in [-0.2, -0.15) is 0 Å². The molecule has 1 heterocycles. The molecule has 0 aliphatic carbocycles. The van der Waals surface area contributed by atoms with Gasteiger partial charge in [0.05, 0.1) is 0 Å². The quantitative estimate of drug-likeness (QED) is 0.199. The van der Waals surface area contributed by atoms with Crippen LogP contribution in [0.3, 0.4) is 0 Å². The fraction of sp³-hybridized carbons (Fsp3) is 0. The Bertz CT molecular complexity index is 2510. The molecule has 9 aromatic rings. The first kappa shape index (κ1) is 26.3. The van der Waals surface area contributed by atoms with Crippen LogP contribution in [0.4, 0.5) is 17.1 Å². The Labute approximate surface area is 267 Å². The van der Waals surface area contributed by atoms with Crippen molar-refractivity contribution >= 4 is 60.5 Å². The van der Waals surface area contributed by atoms with Crippen LogP contribution in [0.15, 0.2) is 180 Å². The number of furan rings is 1. The van der Waals surface area contributed by atoms with E-state index in [1.807, 2.05) is 6.07 Å². The number of hydrogen-bond donors (Lipinski definition) is 0. The molecule has 0 unspecified atom stereocenters. The predicted octanol–water partition coefficient (Wildman–Crippen LogP) is 12.7. The number of nitrogens with zero attached hydrogens (tertiary/aromatic N) is 1. The summed E-state index contributed by atoms with van der Waals surface area (Å²) in [6, 6.07) is 62.8. The zero-order valence-corrected chi connectivity index (χ0v) is 25.1. The molecule has 0 bridgehead atoms. The first-order chi connectivity index (χ1) is 22.8. The van der Waals surface area contributed by atoms with Crippen molar-refractivity contribution in [3.63, 3.8) is 0 Å². The summed E-state index contributed by atoms with van der Waals surface area (Å²) in [5, 5.41) is 7.10. The van der Waals surface area contributed by atoms with Crippen molar-refractivity contribution in [1.82, 2.24) is 0 Å². The van der Waals surface area contributed by atoms with Gasteiger partial charge in [-0.15, -0.1) is 0 Å². The lowest BCUT2D eigenvalue weighted by Gasteiger charge is -2.27. The van der Waals surface area contributed by atoms with Crippen molar-refractivity contribution in [1.29, 1.82) is 0 Å². The van der Waals surface area contributed by atoms with Gasteiger partial charge in [-0.1, -0.05) is 127 Å². The summed E-state index contributed by atoms with van der Waals surface area (Å²) in [7, 11) is 0. The van der Waals surface area contributed by atoms with Crippen LogP contribution in [0.25, 0.3) is 65.7 Å². The smallest absolute Gasteiger partial charge is 0.136 e.